The molecule has 0 spiro atoms. The van der Waals surface area contributed by atoms with Crippen molar-refractivity contribution in [1.82, 2.24) is 14.6 Å². The van der Waals surface area contributed by atoms with Gasteiger partial charge in [0.15, 0.2) is 0 Å². The highest BCUT2D eigenvalue weighted by Crippen LogP contribution is 2.27. The van der Waals surface area contributed by atoms with Crippen LogP contribution in [-0.2, 0) is 16.4 Å². The number of rotatable bonds is 4. The summed E-state index contributed by atoms with van der Waals surface area (Å²) < 4.78 is 29.2. The lowest BCUT2D eigenvalue weighted by atomic mass is 10.3. The summed E-state index contributed by atoms with van der Waals surface area (Å²) in [5.74, 6) is 0. The van der Waals surface area contributed by atoms with Crippen LogP contribution in [0.3, 0.4) is 0 Å². The van der Waals surface area contributed by atoms with Crippen LogP contribution in [-0.4, -0.2) is 23.0 Å². The fraction of sp³-hybridized carbons (Fsp3) is 0.231. The van der Waals surface area contributed by atoms with Crippen molar-refractivity contribution in [3.05, 3.63) is 40.0 Å². The molecule has 0 fully saturated rings. The van der Waals surface area contributed by atoms with Gasteiger partial charge in [0.1, 0.15) is 5.01 Å². The van der Waals surface area contributed by atoms with Gasteiger partial charge in [-0.3, -0.25) is 4.72 Å². The third-order valence-electron chi connectivity index (χ3n) is 3.04. The maximum Gasteiger partial charge on any atom is 0.281 e. The molecule has 0 radical (unpaired) electrons. The van der Waals surface area contributed by atoms with Crippen LogP contribution in [0.1, 0.15) is 17.6 Å². The molecule has 0 saturated carbocycles. The number of sulfonamides is 1. The van der Waals surface area contributed by atoms with Gasteiger partial charge in [-0.15, -0.1) is 0 Å². The Bertz CT molecular complexity index is 946. The molecule has 116 valence electrons. The number of benzene rings is 1. The number of para-hydroxylation sites is 1. The molecule has 0 aliphatic carbocycles. The van der Waals surface area contributed by atoms with E-state index < -0.39 is 10.0 Å². The van der Waals surface area contributed by atoms with Crippen molar-refractivity contribution in [2.24, 2.45) is 0 Å². The molecule has 2 heterocycles. The van der Waals surface area contributed by atoms with Gasteiger partial charge in [0, 0.05) is 0 Å². The second-order valence-electron chi connectivity index (χ2n) is 4.63. The average Bonchev–Trinajstić information content (AvgIpc) is 2.96. The van der Waals surface area contributed by atoms with E-state index in [-0.39, 0.29) is 5.03 Å². The standard InChI is InChI=1S/C13H13ClN4O2S2/c1-3-11-16-18-12(8(2)15-13(18)21-11)22(19,20)17-10-7-5-4-6-9(10)14/h4-7,17H,3H2,1-2H3. The number of nitrogens with zero attached hydrogens (tertiary/aromatic N) is 3. The van der Waals surface area contributed by atoms with Crippen LogP contribution in [0.2, 0.25) is 5.02 Å². The van der Waals surface area contributed by atoms with Gasteiger partial charge in [-0.1, -0.05) is 42.0 Å². The monoisotopic (exact) mass is 356 g/mol. The quantitative estimate of drug-likeness (QED) is 0.779. The Kier molecular flexibility index (Phi) is 3.84. The van der Waals surface area contributed by atoms with Crippen molar-refractivity contribution in [3.8, 4) is 0 Å². The number of aromatic nitrogens is 3. The first kappa shape index (κ1) is 15.3. The molecule has 1 aromatic carbocycles. The number of nitrogens with one attached hydrogen (secondary N) is 1. The van der Waals surface area contributed by atoms with E-state index in [9.17, 15) is 8.42 Å². The first-order valence-electron chi connectivity index (χ1n) is 6.54. The van der Waals surface area contributed by atoms with Gasteiger partial charge in [-0.2, -0.15) is 18.0 Å². The van der Waals surface area contributed by atoms with E-state index in [2.05, 4.69) is 14.8 Å². The van der Waals surface area contributed by atoms with Crippen LogP contribution in [0.15, 0.2) is 29.3 Å². The van der Waals surface area contributed by atoms with Crippen molar-refractivity contribution < 1.29 is 8.42 Å². The van der Waals surface area contributed by atoms with Crippen LogP contribution >= 0.6 is 22.9 Å². The van der Waals surface area contributed by atoms with Gasteiger partial charge in [0.05, 0.1) is 16.4 Å². The van der Waals surface area contributed by atoms with Gasteiger partial charge < -0.3 is 0 Å². The zero-order valence-corrected chi connectivity index (χ0v) is 14.3. The molecule has 3 rings (SSSR count). The minimum Gasteiger partial charge on any atom is -0.277 e. The average molecular weight is 357 g/mol. The number of hydrogen-bond acceptors (Lipinski definition) is 5. The molecule has 6 nitrogen and oxygen atoms in total. The van der Waals surface area contributed by atoms with Gasteiger partial charge >= 0.3 is 0 Å². The summed E-state index contributed by atoms with van der Waals surface area (Å²) in [7, 11) is -3.83. The number of anilines is 1. The Balaban J connectivity index is 2.11. The maximum absolute atomic E-state index is 12.7. The first-order valence-corrected chi connectivity index (χ1v) is 9.22. The first-order chi connectivity index (χ1) is 10.4. The van der Waals surface area contributed by atoms with E-state index in [0.29, 0.717) is 21.4 Å². The third kappa shape index (κ3) is 2.57. The predicted molar refractivity (Wildman–Crippen MR) is 87.2 cm³/mol. The van der Waals surface area contributed by atoms with Crippen LogP contribution in [0.5, 0.6) is 0 Å². The Morgan fingerprint density at radius 2 is 2.09 bits per heavy atom. The molecule has 3 aromatic rings. The van der Waals surface area contributed by atoms with Crippen molar-refractivity contribution in [3.63, 3.8) is 0 Å². The smallest absolute Gasteiger partial charge is 0.277 e. The largest absolute Gasteiger partial charge is 0.281 e. The second-order valence-corrected chi connectivity index (χ2v) is 7.68. The molecule has 0 atom stereocenters. The van der Waals surface area contributed by atoms with E-state index >= 15 is 0 Å². The van der Waals surface area contributed by atoms with Crippen LogP contribution in [0, 0.1) is 6.92 Å². The summed E-state index contributed by atoms with van der Waals surface area (Å²) in [4.78, 5) is 4.84. The molecule has 0 bridgehead atoms. The van der Waals surface area contributed by atoms with Crippen molar-refractivity contribution in [1.29, 1.82) is 0 Å². The van der Waals surface area contributed by atoms with Gasteiger partial charge in [0.25, 0.3) is 10.0 Å². The second kappa shape index (κ2) is 5.53. The number of fused-ring (bicyclic) bond motifs is 1. The molecular weight excluding hydrogens is 344 g/mol. The molecule has 22 heavy (non-hydrogen) atoms. The minimum absolute atomic E-state index is 0.0402. The van der Waals surface area contributed by atoms with E-state index in [1.54, 1.807) is 31.2 Å². The molecule has 0 unspecified atom stereocenters. The maximum atomic E-state index is 12.7. The Morgan fingerprint density at radius 3 is 2.77 bits per heavy atom. The lowest BCUT2D eigenvalue weighted by Gasteiger charge is -2.08. The lowest BCUT2D eigenvalue weighted by Crippen LogP contribution is -2.17. The number of hydrogen-bond donors (Lipinski definition) is 1. The summed E-state index contributed by atoms with van der Waals surface area (Å²) >= 11 is 7.39. The summed E-state index contributed by atoms with van der Waals surface area (Å²) in [5.41, 5.74) is 0.727. The zero-order chi connectivity index (χ0) is 15.9. The molecule has 0 aliphatic heterocycles. The molecule has 0 aliphatic rings. The van der Waals surface area contributed by atoms with E-state index in [1.165, 1.54) is 15.9 Å². The molecular formula is C13H13ClN4O2S2. The fourth-order valence-corrected chi connectivity index (χ4v) is 4.59. The molecule has 2 aromatic heterocycles. The molecule has 0 amide bonds. The highest BCUT2D eigenvalue weighted by molar-refractivity contribution is 7.92. The van der Waals surface area contributed by atoms with Crippen molar-refractivity contribution in [2.75, 3.05) is 4.72 Å². The summed E-state index contributed by atoms with van der Waals surface area (Å²) in [6.45, 7) is 3.61. The highest BCUT2D eigenvalue weighted by Gasteiger charge is 2.26. The van der Waals surface area contributed by atoms with E-state index in [0.717, 1.165) is 11.4 Å². The fourth-order valence-electron chi connectivity index (χ4n) is 2.06. The number of imidazole rings is 1. The zero-order valence-electron chi connectivity index (χ0n) is 11.9. The number of aryl methyl sites for hydroxylation is 2. The summed E-state index contributed by atoms with van der Waals surface area (Å²) in [6.07, 6.45) is 0.727. The van der Waals surface area contributed by atoms with Crippen molar-refractivity contribution >= 4 is 43.6 Å². The highest BCUT2D eigenvalue weighted by atomic mass is 35.5. The predicted octanol–water partition coefficient (Wildman–Crippen LogP) is 3.12. The molecule has 1 N–H and O–H groups in total. The van der Waals surface area contributed by atoms with E-state index in [1.807, 2.05) is 6.92 Å². The van der Waals surface area contributed by atoms with Crippen LogP contribution in [0.4, 0.5) is 5.69 Å². The summed E-state index contributed by atoms with van der Waals surface area (Å²) in [6, 6.07) is 6.67. The molecule has 9 heteroatoms. The number of halogens is 1. The van der Waals surface area contributed by atoms with E-state index in [4.69, 9.17) is 11.6 Å². The SMILES string of the molecule is CCc1nn2c(S(=O)(=O)Nc3ccccc3Cl)c(C)nc2s1. The Morgan fingerprint density at radius 1 is 1.36 bits per heavy atom. The topological polar surface area (TPSA) is 76.4 Å². The van der Waals surface area contributed by atoms with Crippen molar-refractivity contribution in [2.45, 2.75) is 25.3 Å². The Labute approximate surface area is 136 Å². The molecule has 0 saturated heterocycles. The lowest BCUT2D eigenvalue weighted by molar-refractivity contribution is 0.592. The van der Waals surface area contributed by atoms with Crippen LogP contribution < -0.4 is 4.72 Å². The minimum atomic E-state index is -3.83. The van der Waals surface area contributed by atoms with Gasteiger partial charge in [0.2, 0.25) is 9.99 Å². The third-order valence-corrected chi connectivity index (χ3v) is 5.89. The summed E-state index contributed by atoms with van der Waals surface area (Å²) in [5, 5.41) is 5.50. The Hall–Kier alpha value is -1.64. The van der Waals surface area contributed by atoms with Gasteiger partial charge in [-0.05, 0) is 25.5 Å². The normalized spacial score (nSPS) is 12.0. The van der Waals surface area contributed by atoms with Gasteiger partial charge in [-0.25, -0.2) is 4.98 Å². The van der Waals surface area contributed by atoms with Crippen LogP contribution in [0.25, 0.3) is 4.96 Å².